The third kappa shape index (κ3) is 2.05. The molecule has 2 aromatic heterocycles. The first kappa shape index (κ1) is 12.6. The third-order valence-electron chi connectivity index (χ3n) is 3.51. The lowest BCUT2D eigenvalue weighted by Gasteiger charge is -2.17. The summed E-state index contributed by atoms with van der Waals surface area (Å²) in [5, 5.41) is 2.13. The second kappa shape index (κ2) is 4.94. The van der Waals surface area contributed by atoms with E-state index >= 15 is 0 Å². The molecule has 0 fully saturated rings. The summed E-state index contributed by atoms with van der Waals surface area (Å²) in [5.74, 6) is 0. The summed E-state index contributed by atoms with van der Waals surface area (Å²) in [5.41, 5.74) is 3.62. The van der Waals surface area contributed by atoms with Crippen molar-refractivity contribution in [2.45, 2.75) is 26.3 Å². The van der Waals surface area contributed by atoms with Gasteiger partial charge in [-0.1, -0.05) is 25.1 Å². The Morgan fingerprint density at radius 1 is 1.32 bits per heavy atom. The molecule has 1 unspecified atom stereocenters. The van der Waals surface area contributed by atoms with Gasteiger partial charge in [0.25, 0.3) is 0 Å². The minimum Gasteiger partial charge on any atom is -0.331 e. The van der Waals surface area contributed by atoms with Crippen molar-refractivity contribution < 1.29 is 0 Å². The zero-order valence-electron chi connectivity index (χ0n) is 11.0. The number of imidazole rings is 1. The molecular formula is C15H16N2S2. The topological polar surface area (TPSA) is 20.7 Å². The van der Waals surface area contributed by atoms with E-state index in [2.05, 4.69) is 59.1 Å². The highest BCUT2D eigenvalue weighted by molar-refractivity contribution is 7.71. The average molecular weight is 288 g/mol. The van der Waals surface area contributed by atoms with Crippen LogP contribution in [0.2, 0.25) is 0 Å². The van der Waals surface area contributed by atoms with Crippen LogP contribution in [0.1, 0.15) is 29.8 Å². The minimum absolute atomic E-state index is 0.322. The van der Waals surface area contributed by atoms with Gasteiger partial charge in [-0.2, -0.15) is 0 Å². The van der Waals surface area contributed by atoms with Crippen LogP contribution in [0.15, 0.2) is 35.7 Å². The molecule has 0 aliphatic heterocycles. The normalized spacial score (nSPS) is 12.9. The van der Waals surface area contributed by atoms with E-state index in [4.69, 9.17) is 12.2 Å². The first-order chi connectivity index (χ1) is 9.22. The number of aryl methyl sites for hydroxylation is 1. The van der Waals surface area contributed by atoms with Gasteiger partial charge in [-0.15, -0.1) is 11.3 Å². The number of rotatable bonds is 3. The Hall–Kier alpha value is -1.39. The minimum atomic E-state index is 0.322. The third-order valence-corrected chi connectivity index (χ3v) is 4.78. The summed E-state index contributed by atoms with van der Waals surface area (Å²) in [6.07, 6.45) is 1.04. The second-order valence-corrected chi connectivity index (χ2v) is 6.08. The van der Waals surface area contributed by atoms with Crippen LogP contribution in [0.4, 0.5) is 0 Å². The van der Waals surface area contributed by atoms with Gasteiger partial charge < -0.3 is 9.55 Å². The predicted molar refractivity (Wildman–Crippen MR) is 84.6 cm³/mol. The molecule has 0 aliphatic rings. The summed E-state index contributed by atoms with van der Waals surface area (Å²) < 4.78 is 3.08. The molecule has 2 nitrogen and oxygen atoms in total. The van der Waals surface area contributed by atoms with Crippen molar-refractivity contribution >= 4 is 34.6 Å². The van der Waals surface area contributed by atoms with Gasteiger partial charge in [-0.25, -0.2) is 0 Å². The Morgan fingerprint density at radius 3 is 2.84 bits per heavy atom. The highest BCUT2D eigenvalue weighted by Crippen LogP contribution is 2.31. The maximum atomic E-state index is 5.54. The molecule has 0 saturated carbocycles. The predicted octanol–water partition coefficient (Wildman–Crippen LogP) is 5.07. The molecule has 0 spiro atoms. The SMILES string of the molecule is CCC(c1cccs1)n1c(=S)[nH]c2cccc(C)c21. The summed E-state index contributed by atoms with van der Waals surface area (Å²) in [6.45, 7) is 4.35. The van der Waals surface area contributed by atoms with Crippen molar-refractivity contribution in [1.82, 2.24) is 9.55 Å². The van der Waals surface area contributed by atoms with Crippen LogP contribution in [0.25, 0.3) is 11.0 Å². The number of hydrogen-bond donors (Lipinski definition) is 1. The lowest BCUT2D eigenvalue weighted by atomic mass is 10.1. The number of H-pyrrole nitrogens is 1. The van der Waals surface area contributed by atoms with Crippen molar-refractivity contribution in [1.29, 1.82) is 0 Å². The summed E-state index contributed by atoms with van der Waals surface area (Å²) in [4.78, 5) is 4.69. The molecule has 0 saturated heterocycles. The van der Waals surface area contributed by atoms with Crippen LogP contribution < -0.4 is 0 Å². The molecule has 2 heterocycles. The smallest absolute Gasteiger partial charge is 0.178 e. The van der Waals surface area contributed by atoms with Crippen LogP contribution >= 0.6 is 23.6 Å². The number of benzene rings is 1. The molecule has 1 atom stereocenters. The fourth-order valence-electron chi connectivity index (χ4n) is 2.65. The first-order valence-electron chi connectivity index (χ1n) is 6.45. The Balaban J connectivity index is 2.30. The fraction of sp³-hybridized carbons (Fsp3) is 0.267. The molecule has 4 heteroatoms. The molecule has 0 amide bonds. The number of fused-ring (bicyclic) bond motifs is 1. The number of hydrogen-bond acceptors (Lipinski definition) is 2. The standard InChI is InChI=1S/C15H16N2S2/c1-3-12(13-8-5-9-19-13)17-14-10(2)6-4-7-11(14)16-15(17)18/h4-9,12H,3H2,1-2H3,(H,16,18). The van der Waals surface area contributed by atoms with Gasteiger partial charge in [0, 0.05) is 4.88 Å². The number of thiophene rings is 1. The van der Waals surface area contributed by atoms with E-state index in [-0.39, 0.29) is 0 Å². The Morgan fingerprint density at radius 2 is 2.16 bits per heavy atom. The fourth-order valence-corrected chi connectivity index (χ4v) is 3.87. The van der Waals surface area contributed by atoms with Crippen molar-refractivity contribution in [2.24, 2.45) is 0 Å². The van der Waals surface area contributed by atoms with E-state index < -0.39 is 0 Å². The van der Waals surface area contributed by atoms with E-state index in [1.807, 2.05) is 0 Å². The maximum Gasteiger partial charge on any atom is 0.178 e. The molecule has 1 N–H and O–H groups in total. The van der Waals surface area contributed by atoms with Gasteiger partial charge in [-0.3, -0.25) is 0 Å². The number of nitrogens with one attached hydrogen (secondary N) is 1. The number of aromatic amines is 1. The molecular weight excluding hydrogens is 272 g/mol. The molecule has 3 rings (SSSR count). The quantitative estimate of drug-likeness (QED) is 0.667. The van der Waals surface area contributed by atoms with Gasteiger partial charge in [0.2, 0.25) is 0 Å². The summed E-state index contributed by atoms with van der Waals surface area (Å²) in [7, 11) is 0. The van der Waals surface area contributed by atoms with E-state index in [0.717, 1.165) is 16.7 Å². The first-order valence-corrected chi connectivity index (χ1v) is 7.74. The number of nitrogens with zero attached hydrogens (tertiary/aromatic N) is 1. The number of aromatic nitrogens is 2. The van der Waals surface area contributed by atoms with E-state index in [0.29, 0.717) is 6.04 Å². The van der Waals surface area contributed by atoms with Crippen molar-refractivity contribution in [3.63, 3.8) is 0 Å². The Bertz CT molecular complexity index is 750. The Kier molecular flexibility index (Phi) is 3.29. The summed E-state index contributed by atoms with van der Waals surface area (Å²) >= 11 is 7.34. The molecule has 0 aliphatic carbocycles. The van der Waals surface area contributed by atoms with Crippen LogP contribution in [0.3, 0.4) is 0 Å². The highest BCUT2D eigenvalue weighted by atomic mass is 32.1. The van der Waals surface area contributed by atoms with Crippen molar-refractivity contribution in [2.75, 3.05) is 0 Å². The highest BCUT2D eigenvalue weighted by Gasteiger charge is 2.17. The van der Waals surface area contributed by atoms with E-state index in [1.165, 1.54) is 16.0 Å². The molecule has 1 aromatic carbocycles. The van der Waals surface area contributed by atoms with Gasteiger partial charge in [0.05, 0.1) is 17.1 Å². The van der Waals surface area contributed by atoms with Gasteiger partial charge in [0.1, 0.15) is 0 Å². The monoisotopic (exact) mass is 288 g/mol. The lowest BCUT2D eigenvalue weighted by Crippen LogP contribution is -2.08. The Labute approximate surface area is 121 Å². The molecule has 0 bridgehead atoms. The summed E-state index contributed by atoms with van der Waals surface area (Å²) in [6, 6.07) is 10.9. The van der Waals surface area contributed by atoms with Crippen LogP contribution in [0.5, 0.6) is 0 Å². The molecule has 98 valence electrons. The molecule has 3 aromatic rings. The maximum absolute atomic E-state index is 5.54. The van der Waals surface area contributed by atoms with Crippen LogP contribution in [-0.4, -0.2) is 9.55 Å². The average Bonchev–Trinajstić information content (AvgIpc) is 3.00. The van der Waals surface area contributed by atoms with E-state index in [9.17, 15) is 0 Å². The molecule has 0 radical (unpaired) electrons. The van der Waals surface area contributed by atoms with Crippen LogP contribution in [-0.2, 0) is 0 Å². The van der Waals surface area contributed by atoms with E-state index in [1.54, 1.807) is 11.3 Å². The van der Waals surface area contributed by atoms with Gasteiger partial charge in [0.15, 0.2) is 4.77 Å². The lowest BCUT2D eigenvalue weighted by molar-refractivity contribution is 0.584. The van der Waals surface area contributed by atoms with Gasteiger partial charge in [-0.05, 0) is 48.6 Å². The largest absolute Gasteiger partial charge is 0.331 e. The van der Waals surface area contributed by atoms with Crippen molar-refractivity contribution in [3.8, 4) is 0 Å². The number of para-hydroxylation sites is 1. The van der Waals surface area contributed by atoms with Crippen LogP contribution in [0, 0.1) is 11.7 Å². The zero-order valence-corrected chi connectivity index (χ0v) is 12.6. The van der Waals surface area contributed by atoms with Gasteiger partial charge >= 0.3 is 0 Å². The molecule has 19 heavy (non-hydrogen) atoms. The van der Waals surface area contributed by atoms with Crippen molar-refractivity contribution in [3.05, 3.63) is 50.9 Å². The zero-order chi connectivity index (χ0) is 13.4. The second-order valence-electron chi connectivity index (χ2n) is 4.71.